The number of benzene rings is 2. The lowest BCUT2D eigenvalue weighted by atomic mass is 10.1. The highest BCUT2D eigenvalue weighted by atomic mass is 32.2. The number of carbonyl (C=O) groups excluding carboxylic acids is 1. The van der Waals surface area contributed by atoms with E-state index in [1.165, 1.54) is 0 Å². The van der Waals surface area contributed by atoms with Crippen LogP contribution >= 0.6 is 0 Å². The van der Waals surface area contributed by atoms with E-state index in [4.69, 9.17) is 0 Å². The first-order valence-corrected chi connectivity index (χ1v) is 9.89. The first kappa shape index (κ1) is 17.6. The Morgan fingerprint density at radius 1 is 1.20 bits per heavy atom. The largest absolute Gasteiger partial charge is 0.309 e. The molecule has 1 aliphatic heterocycles. The van der Waals surface area contributed by atoms with Crippen molar-refractivity contribution in [2.24, 2.45) is 0 Å². The van der Waals surface area contributed by atoms with Gasteiger partial charge in [-0.15, -0.1) is 0 Å². The molecule has 2 aromatic rings. The molecule has 132 valence electrons. The van der Waals surface area contributed by atoms with Crippen molar-refractivity contribution in [1.82, 2.24) is 4.72 Å². The fourth-order valence-corrected chi connectivity index (χ4v) is 4.25. The summed E-state index contributed by atoms with van der Waals surface area (Å²) in [7, 11) is -3.59. The molecule has 1 amide bonds. The van der Waals surface area contributed by atoms with Gasteiger partial charge in [-0.05, 0) is 42.7 Å². The Hall–Kier alpha value is -2.18. The highest BCUT2D eigenvalue weighted by Gasteiger charge is 2.31. The number of amides is 1. The molecule has 0 bridgehead atoms. The zero-order chi connectivity index (χ0) is 18.0. The Morgan fingerprint density at radius 3 is 2.60 bits per heavy atom. The van der Waals surface area contributed by atoms with Gasteiger partial charge in [0, 0.05) is 24.7 Å². The van der Waals surface area contributed by atoms with Gasteiger partial charge in [0.25, 0.3) is 0 Å². The Balaban J connectivity index is 1.82. The van der Waals surface area contributed by atoms with Crippen LogP contribution in [0.5, 0.6) is 0 Å². The van der Waals surface area contributed by atoms with Crippen LogP contribution in [-0.2, 0) is 27.8 Å². The fourth-order valence-electron chi connectivity index (χ4n) is 3.18. The molecule has 6 heteroatoms. The van der Waals surface area contributed by atoms with Gasteiger partial charge in [0.2, 0.25) is 15.9 Å². The number of fused-ring (bicyclic) bond motifs is 1. The lowest BCUT2D eigenvalue weighted by molar-refractivity contribution is -0.118. The molecule has 0 aromatic heterocycles. The van der Waals surface area contributed by atoms with Crippen LogP contribution in [0, 0.1) is 0 Å². The number of hydrogen-bond donors (Lipinski definition) is 1. The Kier molecular flexibility index (Phi) is 4.92. The second kappa shape index (κ2) is 6.98. The van der Waals surface area contributed by atoms with Gasteiger partial charge in [-0.2, -0.15) is 0 Å². The van der Waals surface area contributed by atoms with Gasteiger partial charge in [0.15, 0.2) is 0 Å². The summed E-state index contributed by atoms with van der Waals surface area (Å²) in [6, 6.07) is 14.4. The van der Waals surface area contributed by atoms with Gasteiger partial charge in [0.1, 0.15) is 0 Å². The van der Waals surface area contributed by atoms with Gasteiger partial charge in [-0.3, -0.25) is 4.79 Å². The van der Waals surface area contributed by atoms with Crippen molar-refractivity contribution in [2.75, 3.05) is 4.90 Å². The summed E-state index contributed by atoms with van der Waals surface area (Å²) in [5.74, 6) is 0.0593. The first-order chi connectivity index (χ1) is 11.9. The number of hydrogen-bond acceptors (Lipinski definition) is 3. The van der Waals surface area contributed by atoms with Crippen LogP contribution in [0.25, 0.3) is 0 Å². The molecule has 0 saturated heterocycles. The molecule has 1 aliphatic rings. The molecule has 2 aromatic carbocycles. The molecule has 1 atom stereocenters. The smallest absolute Gasteiger partial charge is 0.240 e. The molecule has 25 heavy (non-hydrogen) atoms. The van der Waals surface area contributed by atoms with Crippen LogP contribution in [-0.4, -0.2) is 20.4 Å². The van der Waals surface area contributed by atoms with Gasteiger partial charge in [-0.25, -0.2) is 13.1 Å². The van der Waals surface area contributed by atoms with Gasteiger partial charge in [0.05, 0.1) is 4.90 Å². The summed E-state index contributed by atoms with van der Waals surface area (Å²) in [5.41, 5.74) is 2.62. The van der Waals surface area contributed by atoms with E-state index in [1.54, 1.807) is 23.1 Å². The number of rotatable bonds is 5. The van der Waals surface area contributed by atoms with Crippen molar-refractivity contribution < 1.29 is 13.2 Å². The van der Waals surface area contributed by atoms with Crippen molar-refractivity contribution in [3.05, 3.63) is 59.7 Å². The molecular weight excluding hydrogens is 336 g/mol. The standard InChI is InChI=1S/C19H22N2O3S/c1-3-19(22)21-14(2)11-16-12-17(9-10-18(16)21)25(23,24)20-13-15-7-5-4-6-8-15/h4-10,12,14,20H,3,11,13H2,1-2H3/t14-/m1/s1. The molecule has 0 spiro atoms. The van der Waals surface area contributed by atoms with Crippen molar-refractivity contribution >= 4 is 21.6 Å². The van der Waals surface area contributed by atoms with Gasteiger partial charge < -0.3 is 4.90 Å². The molecule has 1 N–H and O–H groups in total. The van der Waals surface area contributed by atoms with Crippen molar-refractivity contribution in [3.8, 4) is 0 Å². The van der Waals surface area contributed by atoms with Crippen molar-refractivity contribution in [1.29, 1.82) is 0 Å². The number of anilines is 1. The zero-order valence-electron chi connectivity index (χ0n) is 14.4. The van der Waals surface area contributed by atoms with E-state index >= 15 is 0 Å². The van der Waals surface area contributed by atoms with E-state index in [0.717, 1.165) is 16.8 Å². The number of carbonyl (C=O) groups is 1. The molecular formula is C19H22N2O3S. The van der Waals surface area contributed by atoms with Gasteiger partial charge >= 0.3 is 0 Å². The fraction of sp³-hybridized carbons (Fsp3) is 0.316. The molecule has 0 aliphatic carbocycles. The third kappa shape index (κ3) is 3.60. The second-order valence-electron chi connectivity index (χ2n) is 6.27. The Morgan fingerprint density at radius 2 is 1.92 bits per heavy atom. The third-order valence-electron chi connectivity index (χ3n) is 4.46. The summed E-state index contributed by atoms with van der Waals surface area (Å²) in [6.45, 7) is 4.06. The summed E-state index contributed by atoms with van der Waals surface area (Å²) in [5, 5.41) is 0. The van der Waals surface area contributed by atoms with Crippen molar-refractivity contribution in [3.63, 3.8) is 0 Å². The van der Waals surface area contributed by atoms with Crippen LogP contribution in [0.3, 0.4) is 0 Å². The molecule has 1 heterocycles. The third-order valence-corrected chi connectivity index (χ3v) is 5.86. The lowest BCUT2D eigenvalue weighted by Gasteiger charge is -2.22. The summed E-state index contributed by atoms with van der Waals surface area (Å²) >= 11 is 0. The van der Waals surface area contributed by atoms with E-state index in [1.807, 2.05) is 44.2 Å². The van der Waals surface area contributed by atoms with Crippen LogP contribution in [0.1, 0.15) is 31.4 Å². The van der Waals surface area contributed by atoms with Crippen molar-refractivity contribution in [2.45, 2.75) is 44.2 Å². The number of sulfonamides is 1. The van der Waals surface area contributed by atoms with E-state index < -0.39 is 10.0 Å². The molecule has 0 saturated carbocycles. The van der Waals surface area contributed by atoms with Crippen LogP contribution in [0.15, 0.2) is 53.4 Å². The molecule has 3 rings (SSSR count). The van der Waals surface area contributed by atoms with Crippen LogP contribution in [0.2, 0.25) is 0 Å². The molecule has 0 radical (unpaired) electrons. The van der Waals surface area contributed by atoms with E-state index in [9.17, 15) is 13.2 Å². The van der Waals surface area contributed by atoms with Crippen LogP contribution in [0.4, 0.5) is 5.69 Å². The zero-order valence-corrected chi connectivity index (χ0v) is 15.2. The summed E-state index contributed by atoms with van der Waals surface area (Å²) in [6.07, 6.45) is 1.10. The molecule has 5 nitrogen and oxygen atoms in total. The average Bonchev–Trinajstić information content (AvgIpc) is 2.95. The number of nitrogens with one attached hydrogen (secondary N) is 1. The predicted molar refractivity (Wildman–Crippen MR) is 97.9 cm³/mol. The minimum absolute atomic E-state index is 0.0534. The Labute approximate surface area is 148 Å². The monoisotopic (exact) mass is 358 g/mol. The normalized spacial score (nSPS) is 16.7. The van der Waals surface area contributed by atoms with E-state index in [-0.39, 0.29) is 23.4 Å². The minimum atomic E-state index is -3.59. The van der Waals surface area contributed by atoms with Crippen LogP contribution < -0.4 is 9.62 Å². The van der Waals surface area contributed by atoms with E-state index in [2.05, 4.69) is 4.72 Å². The maximum absolute atomic E-state index is 12.6. The molecule has 0 unspecified atom stereocenters. The lowest BCUT2D eigenvalue weighted by Crippen LogP contribution is -2.35. The predicted octanol–water partition coefficient (Wildman–Crippen LogP) is 2.85. The first-order valence-electron chi connectivity index (χ1n) is 8.41. The van der Waals surface area contributed by atoms with Gasteiger partial charge in [-0.1, -0.05) is 37.3 Å². The minimum Gasteiger partial charge on any atom is -0.309 e. The van der Waals surface area contributed by atoms with E-state index in [0.29, 0.717) is 12.8 Å². The SMILES string of the molecule is CCC(=O)N1c2ccc(S(=O)(=O)NCc3ccccc3)cc2C[C@H]1C. The topological polar surface area (TPSA) is 66.5 Å². The summed E-state index contributed by atoms with van der Waals surface area (Å²) < 4.78 is 27.8. The second-order valence-corrected chi connectivity index (χ2v) is 8.04. The number of nitrogens with zero attached hydrogens (tertiary/aromatic N) is 1. The maximum atomic E-state index is 12.6. The Bertz CT molecular complexity index is 879. The quantitative estimate of drug-likeness (QED) is 0.894. The molecule has 0 fully saturated rings. The average molecular weight is 358 g/mol. The summed E-state index contributed by atoms with van der Waals surface area (Å²) in [4.78, 5) is 14.1. The highest BCUT2D eigenvalue weighted by Crippen LogP contribution is 2.34. The maximum Gasteiger partial charge on any atom is 0.240 e. The highest BCUT2D eigenvalue weighted by molar-refractivity contribution is 7.89.